The van der Waals surface area contributed by atoms with E-state index in [0.29, 0.717) is 0 Å². The van der Waals surface area contributed by atoms with Gasteiger partial charge in [-0.1, -0.05) is 0 Å². The van der Waals surface area contributed by atoms with Gasteiger partial charge in [-0.2, -0.15) is 5.26 Å². The summed E-state index contributed by atoms with van der Waals surface area (Å²) in [5, 5.41) is 11.5. The van der Waals surface area contributed by atoms with Crippen molar-refractivity contribution in [1.82, 2.24) is 5.32 Å². The molecule has 1 fully saturated rings. The van der Waals surface area contributed by atoms with Crippen molar-refractivity contribution in [2.75, 3.05) is 0 Å². The third-order valence-corrected chi connectivity index (χ3v) is 2.09. The van der Waals surface area contributed by atoms with Crippen LogP contribution < -0.4 is 5.32 Å². The number of nitriles is 1. The Morgan fingerprint density at radius 2 is 2.09 bits per heavy atom. The summed E-state index contributed by atoms with van der Waals surface area (Å²) in [6, 6.07) is 2.18. The van der Waals surface area contributed by atoms with Gasteiger partial charge >= 0.3 is 0 Å². The fraction of sp³-hybridized carbons (Fsp3) is 0.750. The maximum atomic E-state index is 10.7. The van der Waals surface area contributed by atoms with Crippen LogP contribution in [0.25, 0.3) is 0 Å². The van der Waals surface area contributed by atoms with Crippen molar-refractivity contribution in [2.45, 2.75) is 38.1 Å². The number of rotatable bonds is 1. The Labute approximate surface area is 66.4 Å². The summed E-state index contributed by atoms with van der Waals surface area (Å²) in [5.74, 6) is -0.103. The molecule has 0 saturated heterocycles. The van der Waals surface area contributed by atoms with Crippen LogP contribution in [0.1, 0.15) is 32.6 Å². The minimum Gasteiger partial charge on any atom is -0.338 e. The molecule has 3 heteroatoms. The van der Waals surface area contributed by atoms with Gasteiger partial charge in [0.25, 0.3) is 0 Å². The SMILES string of the molecule is CC(=O)NC1(C#N)CCCC1. The molecule has 0 atom stereocenters. The summed E-state index contributed by atoms with van der Waals surface area (Å²) >= 11 is 0. The largest absolute Gasteiger partial charge is 0.338 e. The van der Waals surface area contributed by atoms with E-state index in [0.717, 1.165) is 25.7 Å². The predicted octanol–water partition coefficient (Wildman–Crippen LogP) is 0.959. The lowest BCUT2D eigenvalue weighted by Crippen LogP contribution is -2.43. The van der Waals surface area contributed by atoms with Crippen LogP contribution in [0.15, 0.2) is 0 Å². The maximum absolute atomic E-state index is 10.7. The van der Waals surface area contributed by atoms with Crippen molar-refractivity contribution >= 4 is 5.91 Å². The monoisotopic (exact) mass is 152 g/mol. The van der Waals surface area contributed by atoms with Crippen LogP contribution in [0, 0.1) is 11.3 Å². The molecule has 0 spiro atoms. The number of hydrogen-bond donors (Lipinski definition) is 1. The fourth-order valence-corrected chi connectivity index (χ4v) is 1.58. The summed E-state index contributed by atoms with van der Waals surface area (Å²) in [5.41, 5.74) is -0.536. The first kappa shape index (κ1) is 8.06. The third kappa shape index (κ3) is 1.70. The Kier molecular flexibility index (Phi) is 2.13. The van der Waals surface area contributed by atoms with Crippen molar-refractivity contribution in [3.8, 4) is 6.07 Å². The topological polar surface area (TPSA) is 52.9 Å². The molecule has 1 aliphatic rings. The smallest absolute Gasteiger partial charge is 0.218 e. The van der Waals surface area contributed by atoms with Crippen molar-refractivity contribution in [3.05, 3.63) is 0 Å². The zero-order valence-corrected chi connectivity index (χ0v) is 6.68. The van der Waals surface area contributed by atoms with E-state index in [-0.39, 0.29) is 5.91 Å². The zero-order valence-electron chi connectivity index (χ0n) is 6.68. The Morgan fingerprint density at radius 1 is 1.55 bits per heavy atom. The molecule has 0 aliphatic heterocycles. The number of nitrogens with one attached hydrogen (secondary N) is 1. The maximum Gasteiger partial charge on any atom is 0.218 e. The van der Waals surface area contributed by atoms with Gasteiger partial charge in [-0.3, -0.25) is 4.79 Å². The lowest BCUT2D eigenvalue weighted by Gasteiger charge is -2.20. The molecule has 0 aromatic rings. The molecule has 1 N–H and O–H groups in total. The number of hydrogen-bond acceptors (Lipinski definition) is 2. The summed E-state index contributed by atoms with van der Waals surface area (Å²) in [7, 11) is 0. The highest BCUT2D eigenvalue weighted by Gasteiger charge is 2.34. The second-order valence-corrected chi connectivity index (χ2v) is 3.08. The lowest BCUT2D eigenvalue weighted by molar-refractivity contribution is -0.120. The van der Waals surface area contributed by atoms with Gasteiger partial charge < -0.3 is 5.32 Å². The number of nitrogens with zero attached hydrogens (tertiary/aromatic N) is 1. The number of amides is 1. The van der Waals surface area contributed by atoms with Gasteiger partial charge in [0.2, 0.25) is 5.91 Å². The highest BCUT2D eigenvalue weighted by molar-refractivity contribution is 5.74. The van der Waals surface area contributed by atoms with Crippen LogP contribution in [-0.2, 0) is 4.79 Å². The third-order valence-electron chi connectivity index (χ3n) is 2.09. The molecule has 0 heterocycles. The van der Waals surface area contributed by atoms with E-state index >= 15 is 0 Å². The molecule has 1 saturated carbocycles. The lowest BCUT2D eigenvalue weighted by atomic mass is 10.0. The van der Waals surface area contributed by atoms with Gasteiger partial charge in [-0.25, -0.2) is 0 Å². The van der Waals surface area contributed by atoms with E-state index in [2.05, 4.69) is 11.4 Å². The van der Waals surface area contributed by atoms with Crippen molar-refractivity contribution in [2.24, 2.45) is 0 Å². The van der Waals surface area contributed by atoms with E-state index in [9.17, 15) is 4.79 Å². The predicted molar refractivity (Wildman–Crippen MR) is 40.6 cm³/mol. The molecule has 1 rings (SSSR count). The van der Waals surface area contributed by atoms with Gasteiger partial charge in [0.1, 0.15) is 5.54 Å². The van der Waals surface area contributed by atoms with Gasteiger partial charge in [-0.05, 0) is 25.7 Å². The molecular formula is C8H12N2O. The molecule has 11 heavy (non-hydrogen) atoms. The quantitative estimate of drug-likeness (QED) is 0.608. The van der Waals surface area contributed by atoms with Crippen LogP contribution in [0.4, 0.5) is 0 Å². The van der Waals surface area contributed by atoms with Crippen LogP contribution in [0.3, 0.4) is 0 Å². The minimum atomic E-state index is -0.536. The molecule has 3 nitrogen and oxygen atoms in total. The summed E-state index contributed by atoms with van der Waals surface area (Å²) in [4.78, 5) is 10.7. The first-order valence-corrected chi connectivity index (χ1v) is 3.88. The molecule has 0 radical (unpaired) electrons. The van der Waals surface area contributed by atoms with Crippen molar-refractivity contribution in [1.29, 1.82) is 5.26 Å². The minimum absolute atomic E-state index is 0.103. The van der Waals surface area contributed by atoms with E-state index in [1.54, 1.807) is 0 Å². The summed E-state index contributed by atoms with van der Waals surface area (Å²) in [6.45, 7) is 1.46. The summed E-state index contributed by atoms with van der Waals surface area (Å²) < 4.78 is 0. The van der Waals surface area contributed by atoms with Crippen LogP contribution in [0.5, 0.6) is 0 Å². The first-order chi connectivity index (χ1) is 5.18. The average Bonchev–Trinajstić information content (AvgIpc) is 2.36. The van der Waals surface area contributed by atoms with Gasteiger partial charge in [0.15, 0.2) is 0 Å². The standard InChI is InChI=1S/C8H12N2O/c1-7(11)10-8(6-9)4-2-3-5-8/h2-5H2,1H3,(H,10,11). The van der Waals surface area contributed by atoms with Crippen LogP contribution >= 0.6 is 0 Å². The molecule has 1 aliphatic carbocycles. The molecule has 0 aromatic heterocycles. The molecule has 0 aromatic carbocycles. The van der Waals surface area contributed by atoms with E-state index in [4.69, 9.17) is 5.26 Å². The van der Waals surface area contributed by atoms with E-state index in [1.165, 1.54) is 6.92 Å². The Morgan fingerprint density at radius 3 is 2.45 bits per heavy atom. The van der Waals surface area contributed by atoms with Crippen molar-refractivity contribution in [3.63, 3.8) is 0 Å². The second kappa shape index (κ2) is 2.91. The molecule has 0 bridgehead atoms. The average molecular weight is 152 g/mol. The van der Waals surface area contributed by atoms with Gasteiger partial charge in [-0.15, -0.1) is 0 Å². The number of carbonyl (C=O) groups excluding carboxylic acids is 1. The second-order valence-electron chi connectivity index (χ2n) is 3.08. The summed E-state index contributed by atoms with van der Waals surface area (Å²) in [6.07, 6.45) is 3.72. The number of carbonyl (C=O) groups is 1. The molecule has 1 amide bonds. The fourth-order valence-electron chi connectivity index (χ4n) is 1.58. The first-order valence-electron chi connectivity index (χ1n) is 3.88. The van der Waals surface area contributed by atoms with Crippen molar-refractivity contribution < 1.29 is 4.79 Å². The molecule has 60 valence electrons. The van der Waals surface area contributed by atoms with Crippen LogP contribution in [0.2, 0.25) is 0 Å². The normalized spacial score (nSPS) is 20.7. The Hall–Kier alpha value is -1.04. The Balaban J connectivity index is 2.61. The zero-order chi connectivity index (χ0) is 8.32. The van der Waals surface area contributed by atoms with Gasteiger partial charge in [0, 0.05) is 6.92 Å². The van der Waals surface area contributed by atoms with E-state index < -0.39 is 5.54 Å². The van der Waals surface area contributed by atoms with Gasteiger partial charge in [0.05, 0.1) is 6.07 Å². The highest BCUT2D eigenvalue weighted by Crippen LogP contribution is 2.28. The van der Waals surface area contributed by atoms with E-state index in [1.807, 2.05) is 0 Å². The highest BCUT2D eigenvalue weighted by atomic mass is 16.1. The molecule has 0 unspecified atom stereocenters. The van der Waals surface area contributed by atoms with Crippen LogP contribution in [-0.4, -0.2) is 11.4 Å². The molecular weight excluding hydrogens is 140 g/mol. The Bertz CT molecular complexity index is 199.